The molecule has 0 atom stereocenters. The van der Waals surface area contributed by atoms with Crippen molar-refractivity contribution in [3.63, 3.8) is 0 Å². The van der Waals surface area contributed by atoms with Gasteiger partial charge in [-0.2, -0.15) is 0 Å². The zero-order valence-electron chi connectivity index (χ0n) is 9.53. The molecule has 0 unspecified atom stereocenters. The first-order valence-electron chi connectivity index (χ1n) is 5.39. The van der Waals surface area contributed by atoms with E-state index in [0.29, 0.717) is 0 Å². The Bertz CT molecular complexity index is 451. The van der Waals surface area contributed by atoms with Crippen LogP contribution in [-0.2, 0) is 6.54 Å². The largest absolute Gasteiger partial charge is 0.312 e. The number of nitrogens with zero attached hydrogens (tertiary/aromatic N) is 2. The summed E-state index contributed by atoms with van der Waals surface area (Å²) in [5.74, 6) is 0. The molecule has 2 rings (SSSR count). The maximum atomic E-state index is 4.55. The van der Waals surface area contributed by atoms with E-state index in [4.69, 9.17) is 0 Å². The van der Waals surface area contributed by atoms with Gasteiger partial charge in [0, 0.05) is 17.6 Å². The SMILES string of the molecule is CCNCc1sc(-c2ccccn2)nc1C. The number of rotatable bonds is 4. The average molecular weight is 233 g/mol. The highest BCUT2D eigenvalue weighted by Crippen LogP contribution is 2.25. The minimum absolute atomic E-state index is 0.896. The van der Waals surface area contributed by atoms with Gasteiger partial charge in [-0.05, 0) is 25.6 Å². The minimum Gasteiger partial charge on any atom is -0.312 e. The van der Waals surface area contributed by atoms with Gasteiger partial charge in [-0.25, -0.2) is 4.98 Å². The third-order valence-electron chi connectivity index (χ3n) is 2.31. The van der Waals surface area contributed by atoms with Crippen LogP contribution in [0.2, 0.25) is 0 Å². The highest BCUT2D eigenvalue weighted by molar-refractivity contribution is 7.15. The summed E-state index contributed by atoms with van der Waals surface area (Å²) < 4.78 is 0. The van der Waals surface area contributed by atoms with Gasteiger partial charge in [-0.3, -0.25) is 4.98 Å². The van der Waals surface area contributed by atoms with Crippen LogP contribution in [0.15, 0.2) is 24.4 Å². The first-order chi connectivity index (χ1) is 7.81. The number of hydrogen-bond acceptors (Lipinski definition) is 4. The van der Waals surface area contributed by atoms with Gasteiger partial charge in [-0.15, -0.1) is 11.3 Å². The lowest BCUT2D eigenvalue weighted by atomic mass is 10.3. The number of thiazole rings is 1. The summed E-state index contributed by atoms with van der Waals surface area (Å²) in [6.45, 7) is 6.04. The molecule has 84 valence electrons. The average Bonchev–Trinajstić information content (AvgIpc) is 2.69. The van der Waals surface area contributed by atoms with Crippen molar-refractivity contribution in [1.82, 2.24) is 15.3 Å². The number of nitrogens with one attached hydrogen (secondary N) is 1. The molecule has 0 saturated carbocycles. The molecule has 0 aliphatic rings. The zero-order valence-corrected chi connectivity index (χ0v) is 10.3. The molecule has 0 bridgehead atoms. The summed E-state index contributed by atoms with van der Waals surface area (Å²) in [6.07, 6.45) is 1.80. The van der Waals surface area contributed by atoms with Crippen molar-refractivity contribution in [3.8, 4) is 10.7 Å². The van der Waals surface area contributed by atoms with Gasteiger partial charge in [0.2, 0.25) is 0 Å². The van der Waals surface area contributed by atoms with Crippen molar-refractivity contribution in [2.24, 2.45) is 0 Å². The van der Waals surface area contributed by atoms with Gasteiger partial charge in [0.05, 0.1) is 11.4 Å². The Kier molecular flexibility index (Phi) is 3.64. The second-order valence-corrected chi connectivity index (χ2v) is 4.61. The second kappa shape index (κ2) is 5.18. The molecule has 1 N–H and O–H groups in total. The molecule has 0 spiro atoms. The normalized spacial score (nSPS) is 10.6. The van der Waals surface area contributed by atoms with E-state index in [0.717, 1.165) is 29.5 Å². The number of aromatic nitrogens is 2. The highest BCUT2D eigenvalue weighted by atomic mass is 32.1. The van der Waals surface area contributed by atoms with Crippen molar-refractivity contribution < 1.29 is 0 Å². The summed E-state index contributed by atoms with van der Waals surface area (Å²) >= 11 is 1.72. The third-order valence-corrected chi connectivity index (χ3v) is 3.49. The lowest BCUT2D eigenvalue weighted by molar-refractivity contribution is 0.731. The molecule has 0 saturated heterocycles. The molecule has 2 aromatic heterocycles. The van der Waals surface area contributed by atoms with E-state index >= 15 is 0 Å². The highest BCUT2D eigenvalue weighted by Gasteiger charge is 2.09. The van der Waals surface area contributed by atoms with E-state index in [1.54, 1.807) is 17.5 Å². The molecule has 0 fully saturated rings. The van der Waals surface area contributed by atoms with Crippen LogP contribution < -0.4 is 5.32 Å². The van der Waals surface area contributed by atoms with Crippen molar-refractivity contribution in [3.05, 3.63) is 35.0 Å². The van der Waals surface area contributed by atoms with Crippen LogP contribution in [0.4, 0.5) is 0 Å². The molecule has 0 amide bonds. The molecule has 16 heavy (non-hydrogen) atoms. The summed E-state index contributed by atoms with van der Waals surface area (Å²) in [7, 11) is 0. The minimum atomic E-state index is 0.896. The third kappa shape index (κ3) is 2.46. The van der Waals surface area contributed by atoms with Crippen LogP contribution in [0, 0.1) is 6.92 Å². The molecule has 0 radical (unpaired) electrons. The standard InChI is InChI=1S/C12H15N3S/c1-3-13-8-11-9(2)15-12(16-11)10-6-4-5-7-14-10/h4-7,13H,3,8H2,1-2H3. The molecule has 2 heterocycles. The van der Waals surface area contributed by atoms with E-state index in [-0.39, 0.29) is 0 Å². The smallest absolute Gasteiger partial charge is 0.142 e. The lowest BCUT2D eigenvalue weighted by Gasteiger charge is -1.97. The fourth-order valence-electron chi connectivity index (χ4n) is 1.43. The summed E-state index contributed by atoms with van der Waals surface area (Å²) in [4.78, 5) is 10.2. The predicted molar refractivity (Wildman–Crippen MR) is 67.5 cm³/mol. The molecule has 0 aromatic carbocycles. The summed E-state index contributed by atoms with van der Waals surface area (Å²) in [5.41, 5.74) is 2.06. The number of pyridine rings is 1. The van der Waals surface area contributed by atoms with Crippen LogP contribution in [0.5, 0.6) is 0 Å². The van der Waals surface area contributed by atoms with Crippen LogP contribution >= 0.6 is 11.3 Å². The van der Waals surface area contributed by atoms with Gasteiger partial charge in [0.25, 0.3) is 0 Å². The van der Waals surface area contributed by atoms with E-state index in [9.17, 15) is 0 Å². The van der Waals surface area contributed by atoms with Crippen molar-refractivity contribution in [2.75, 3.05) is 6.54 Å². The Morgan fingerprint density at radius 2 is 2.25 bits per heavy atom. The summed E-state index contributed by atoms with van der Waals surface area (Å²) in [5, 5.41) is 4.33. The maximum absolute atomic E-state index is 4.55. The Labute approximate surface area is 99.6 Å². The molecule has 0 aliphatic carbocycles. The van der Waals surface area contributed by atoms with E-state index < -0.39 is 0 Å². The Morgan fingerprint density at radius 1 is 1.38 bits per heavy atom. The molecule has 3 nitrogen and oxygen atoms in total. The molecule has 2 aromatic rings. The van der Waals surface area contributed by atoms with Gasteiger partial charge < -0.3 is 5.32 Å². The van der Waals surface area contributed by atoms with Gasteiger partial charge in [0.1, 0.15) is 5.01 Å². The Balaban J connectivity index is 2.24. The summed E-state index contributed by atoms with van der Waals surface area (Å²) in [6, 6.07) is 5.90. The number of hydrogen-bond donors (Lipinski definition) is 1. The van der Waals surface area contributed by atoms with Crippen LogP contribution in [0.3, 0.4) is 0 Å². The first-order valence-corrected chi connectivity index (χ1v) is 6.21. The Morgan fingerprint density at radius 3 is 2.94 bits per heavy atom. The van der Waals surface area contributed by atoms with Crippen molar-refractivity contribution in [1.29, 1.82) is 0 Å². The Hall–Kier alpha value is -1.26. The molecule has 4 heteroatoms. The first kappa shape index (κ1) is 11.2. The monoisotopic (exact) mass is 233 g/mol. The van der Waals surface area contributed by atoms with E-state index in [1.165, 1.54) is 4.88 Å². The van der Waals surface area contributed by atoms with Crippen LogP contribution in [0.1, 0.15) is 17.5 Å². The number of aryl methyl sites for hydroxylation is 1. The molecule has 0 aliphatic heterocycles. The predicted octanol–water partition coefficient (Wildman–Crippen LogP) is 2.62. The lowest BCUT2D eigenvalue weighted by Crippen LogP contribution is -2.11. The van der Waals surface area contributed by atoms with Crippen LogP contribution in [0.25, 0.3) is 10.7 Å². The van der Waals surface area contributed by atoms with E-state index in [1.807, 2.05) is 18.2 Å². The fourth-order valence-corrected chi connectivity index (χ4v) is 2.44. The molecular weight excluding hydrogens is 218 g/mol. The fraction of sp³-hybridized carbons (Fsp3) is 0.333. The van der Waals surface area contributed by atoms with E-state index in [2.05, 4.69) is 29.1 Å². The van der Waals surface area contributed by atoms with Gasteiger partial charge >= 0.3 is 0 Å². The zero-order chi connectivity index (χ0) is 11.4. The quantitative estimate of drug-likeness (QED) is 0.882. The topological polar surface area (TPSA) is 37.8 Å². The van der Waals surface area contributed by atoms with Crippen molar-refractivity contribution in [2.45, 2.75) is 20.4 Å². The van der Waals surface area contributed by atoms with Crippen LogP contribution in [-0.4, -0.2) is 16.5 Å². The van der Waals surface area contributed by atoms with Gasteiger partial charge in [0.15, 0.2) is 0 Å². The molecular formula is C12H15N3S. The maximum Gasteiger partial charge on any atom is 0.142 e. The second-order valence-electron chi connectivity index (χ2n) is 3.52. The van der Waals surface area contributed by atoms with Crippen molar-refractivity contribution >= 4 is 11.3 Å². The van der Waals surface area contributed by atoms with Gasteiger partial charge in [-0.1, -0.05) is 13.0 Å².